The normalized spacial score (nSPS) is 22.7. The first kappa shape index (κ1) is 14.6. The summed E-state index contributed by atoms with van der Waals surface area (Å²) in [5.74, 6) is -5.80. The molecule has 108 valence electrons. The van der Waals surface area contributed by atoms with E-state index in [1.54, 1.807) is 0 Å². The molecule has 0 radical (unpaired) electrons. The number of benzene rings is 1. The minimum atomic E-state index is -1.28. The second kappa shape index (κ2) is 5.64. The lowest BCUT2D eigenvalue weighted by molar-refractivity contribution is -0.150. The smallest absolute Gasteiger partial charge is 0.316 e. The Kier molecular flexibility index (Phi) is 4.11. The molecule has 1 aliphatic carbocycles. The van der Waals surface area contributed by atoms with E-state index in [0.717, 1.165) is 6.07 Å². The molecule has 1 aromatic rings. The van der Waals surface area contributed by atoms with Gasteiger partial charge in [-0.3, -0.25) is 9.59 Å². The van der Waals surface area contributed by atoms with Gasteiger partial charge in [0.05, 0.1) is 7.11 Å². The highest BCUT2D eigenvalue weighted by Crippen LogP contribution is 2.36. The molecule has 1 saturated carbocycles. The van der Waals surface area contributed by atoms with Crippen molar-refractivity contribution < 1.29 is 27.5 Å². The number of hydrogen-bond donors (Lipinski definition) is 0. The Morgan fingerprint density at radius 2 is 1.95 bits per heavy atom. The van der Waals surface area contributed by atoms with Crippen molar-refractivity contribution in [1.29, 1.82) is 0 Å². The summed E-state index contributed by atoms with van der Waals surface area (Å²) >= 11 is 0. The summed E-state index contributed by atoms with van der Waals surface area (Å²) in [5, 5.41) is 0. The molecule has 3 nitrogen and oxygen atoms in total. The summed E-state index contributed by atoms with van der Waals surface area (Å²) in [7, 11) is 1.18. The average molecular weight is 286 g/mol. The van der Waals surface area contributed by atoms with E-state index in [4.69, 9.17) is 0 Å². The average Bonchev–Trinajstić information content (AvgIpc) is 2.41. The van der Waals surface area contributed by atoms with E-state index in [9.17, 15) is 22.8 Å². The molecular formula is C14H13F3O3. The zero-order valence-corrected chi connectivity index (χ0v) is 10.8. The monoisotopic (exact) mass is 286 g/mol. The molecule has 2 unspecified atom stereocenters. The minimum absolute atomic E-state index is 0.125. The van der Waals surface area contributed by atoms with Gasteiger partial charge in [0.15, 0.2) is 11.6 Å². The third-order valence-electron chi connectivity index (χ3n) is 3.59. The molecule has 1 aromatic carbocycles. The fraction of sp³-hybridized carbons (Fsp3) is 0.429. The van der Waals surface area contributed by atoms with Crippen LogP contribution in [-0.4, -0.2) is 18.9 Å². The van der Waals surface area contributed by atoms with E-state index in [1.807, 2.05) is 0 Å². The highest BCUT2D eigenvalue weighted by Gasteiger charge is 2.36. The quantitative estimate of drug-likeness (QED) is 0.477. The van der Waals surface area contributed by atoms with Crippen molar-refractivity contribution in [2.24, 2.45) is 5.92 Å². The first-order valence-corrected chi connectivity index (χ1v) is 6.19. The molecule has 0 spiro atoms. The van der Waals surface area contributed by atoms with Crippen LogP contribution in [-0.2, 0) is 14.3 Å². The fourth-order valence-corrected chi connectivity index (χ4v) is 2.55. The topological polar surface area (TPSA) is 43.4 Å². The molecule has 0 bridgehead atoms. The molecular weight excluding hydrogens is 273 g/mol. The molecule has 2 atom stereocenters. The Morgan fingerprint density at radius 3 is 2.55 bits per heavy atom. The number of methoxy groups -OCH3 is 1. The number of Topliss-reactive ketones (excluding diaryl/α,β-unsaturated/α-hetero) is 1. The molecule has 2 rings (SSSR count). The first-order valence-electron chi connectivity index (χ1n) is 6.19. The molecule has 1 aliphatic rings. The molecule has 1 fully saturated rings. The van der Waals surface area contributed by atoms with Crippen LogP contribution >= 0.6 is 0 Å². The van der Waals surface area contributed by atoms with Gasteiger partial charge in [-0.25, -0.2) is 13.2 Å². The SMILES string of the molecule is COC(=O)C1CCC(c2cc(F)cc(F)c2F)CC1=O. The summed E-state index contributed by atoms with van der Waals surface area (Å²) in [6.45, 7) is 0. The Hall–Kier alpha value is -1.85. The highest BCUT2D eigenvalue weighted by molar-refractivity contribution is 5.99. The van der Waals surface area contributed by atoms with Gasteiger partial charge in [-0.1, -0.05) is 0 Å². The summed E-state index contributed by atoms with van der Waals surface area (Å²) in [6, 6.07) is 1.36. The number of hydrogen-bond acceptors (Lipinski definition) is 3. The van der Waals surface area contributed by atoms with E-state index >= 15 is 0 Å². The van der Waals surface area contributed by atoms with Crippen LogP contribution in [0, 0.1) is 23.4 Å². The first-order chi connectivity index (χ1) is 9.43. The predicted octanol–water partition coefficient (Wildman–Crippen LogP) is 2.73. The number of carbonyl (C=O) groups excluding carboxylic acids is 2. The van der Waals surface area contributed by atoms with Crippen molar-refractivity contribution in [1.82, 2.24) is 0 Å². The zero-order chi connectivity index (χ0) is 14.9. The number of carbonyl (C=O) groups is 2. The fourth-order valence-electron chi connectivity index (χ4n) is 2.55. The largest absolute Gasteiger partial charge is 0.468 e. The van der Waals surface area contributed by atoms with Gasteiger partial charge in [0, 0.05) is 12.5 Å². The lowest BCUT2D eigenvalue weighted by Gasteiger charge is -2.26. The number of ether oxygens (including phenoxy) is 1. The van der Waals surface area contributed by atoms with Crippen LogP contribution in [0.25, 0.3) is 0 Å². The Morgan fingerprint density at radius 1 is 1.25 bits per heavy atom. The summed E-state index contributed by atoms with van der Waals surface area (Å²) in [5.41, 5.74) is -0.154. The number of ketones is 1. The number of rotatable bonds is 2. The molecule has 0 amide bonds. The van der Waals surface area contributed by atoms with Crippen LogP contribution in [0.2, 0.25) is 0 Å². The minimum Gasteiger partial charge on any atom is -0.468 e. The Balaban J connectivity index is 2.22. The van der Waals surface area contributed by atoms with E-state index in [1.165, 1.54) is 7.11 Å². The maximum absolute atomic E-state index is 13.7. The van der Waals surface area contributed by atoms with Crippen LogP contribution in [0.4, 0.5) is 13.2 Å². The van der Waals surface area contributed by atoms with Gasteiger partial charge in [-0.05, 0) is 30.4 Å². The van der Waals surface area contributed by atoms with Gasteiger partial charge in [0.2, 0.25) is 0 Å². The third kappa shape index (κ3) is 2.69. The van der Waals surface area contributed by atoms with Crippen molar-refractivity contribution in [2.75, 3.05) is 7.11 Å². The van der Waals surface area contributed by atoms with Crippen LogP contribution in [0.1, 0.15) is 30.7 Å². The van der Waals surface area contributed by atoms with Crippen LogP contribution < -0.4 is 0 Å². The molecule has 0 aliphatic heterocycles. The standard InChI is InChI=1S/C14H13F3O3/c1-20-14(19)9-3-2-7(4-12(9)18)10-5-8(15)6-11(16)13(10)17/h5-7,9H,2-4H2,1H3. The second-order valence-electron chi connectivity index (χ2n) is 4.81. The summed E-state index contributed by atoms with van der Waals surface area (Å²) < 4.78 is 44.5. The predicted molar refractivity (Wildman–Crippen MR) is 63.4 cm³/mol. The second-order valence-corrected chi connectivity index (χ2v) is 4.81. The maximum Gasteiger partial charge on any atom is 0.316 e. The third-order valence-corrected chi connectivity index (χ3v) is 3.59. The van der Waals surface area contributed by atoms with Crippen molar-refractivity contribution in [2.45, 2.75) is 25.2 Å². The van der Waals surface area contributed by atoms with Gasteiger partial charge in [0.25, 0.3) is 0 Å². The molecule has 0 saturated heterocycles. The van der Waals surface area contributed by atoms with Crippen LogP contribution in [0.5, 0.6) is 0 Å². The van der Waals surface area contributed by atoms with E-state index in [-0.39, 0.29) is 18.4 Å². The Bertz CT molecular complexity index is 557. The van der Waals surface area contributed by atoms with Gasteiger partial charge in [-0.15, -0.1) is 0 Å². The van der Waals surface area contributed by atoms with E-state index in [2.05, 4.69) is 4.74 Å². The summed E-state index contributed by atoms with van der Waals surface area (Å²) in [4.78, 5) is 23.2. The number of halogens is 3. The van der Waals surface area contributed by atoms with Gasteiger partial charge in [-0.2, -0.15) is 0 Å². The molecule has 0 heterocycles. The number of esters is 1. The van der Waals surface area contributed by atoms with Crippen molar-refractivity contribution >= 4 is 11.8 Å². The van der Waals surface area contributed by atoms with Crippen LogP contribution in [0.3, 0.4) is 0 Å². The Labute approximate surface area is 113 Å². The lowest BCUT2D eigenvalue weighted by atomic mass is 9.77. The van der Waals surface area contributed by atoms with E-state index in [0.29, 0.717) is 12.5 Å². The van der Waals surface area contributed by atoms with Crippen molar-refractivity contribution in [3.05, 3.63) is 35.1 Å². The maximum atomic E-state index is 13.7. The van der Waals surface area contributed by atoms with Crippen molar-refractivity contribution in [3.8, 4) is 0 Å². The molecule has 0 aromatic heterocycles. The van der Waals surface area contributed by atoms with Crippen molar-refractivity contribution in [3.63, 3.8) is 0 Å². The zero-order valence-electron chi connectivity index (χ0n) is 10.8. The van der Waals surface area contributed by atoms with Crippen LogP contribution in [0.15, 0.2) is 12.1 Å². The molecule has 6 heteroatoms. The lowest BCUT2D eigenvalue weighted by Crippen LogP contribution is -2.31. The summed E-state index contributed by atoms with van der Waals surface area (Å²) in [6.07, 6.45) is 0.360. The van der Waals surface area contributed by atoms with Gasteiger partial charge >= 0.3 is 5.97 Å². The highest BCUT2D eigenvalue weighted by atomic mass is 19.2. The van der Waals surface area contributed by atoms with E-state index < -0.39 is 41.0 Å². The molecule has 20 heavy (non-hydrogen) atoms. The van der Waals surface area contributed by atoms with Gasteiger partial charge < -0.3 is 4.74 Å². The van der Waals surface area contributed by atoms with Gasteiger partial charge in [0.1, 0.15) is 17.5 Å². The molecule has 0 N–H and O–H groups in total.